The second-order valence-corrected chi connectivity index (χ2v) is 10.9. The molecule has 41 heavy (non-hydrogen) atoms. The highest BCUT2D eigenvalue weighted by Crippen LogP contribution is 2.35. The van der Waals surface area contributed by atoms with Gasteiger partial charge in [0.15, 0.2) is 0 Å². The summed E-state index contributed by atoms with van der Waals surface area (Å²) in [4.78, 5) is 30.5. The summed E-state index contributed by atoms with van der Waals surface area (Å²) in [7, 11) is 5.41. The molecular weight excluding hydrogens is 512 g/mol. The first-order chi connectivity index (χ1) is 20.0. The van der Waals surface area contributed by atoms with Crippen molar-refractivity contribution in [3.8, 4) is 5.75 Å². The summed E-state index contributed by atoms with van der Waals surface area (Å²) >= 11 is 0. The number of nitrogens with one attached hydrogen (secondary N) is 1. The van der Waals surface area contributed by atoms with Crippen LogP contribution in [-0.4, -0.2) is 62.3 Å². The Morgan fingerprint density at radius 1 is 0.902 bits per heavy atom. The third-order valence-electron chi connectivity index (χ3n) is 8.66. The van der Waals surface area contributed by atoms with Crippen LogP contribution in [0.3, 0.4) is 0 Å². The highest BCUT2D eigenvalue weighted by atomic mass is 16.5. The lowest BCUT2D eigenvalue weighted by Crippen LogP contribution is -2.44. The molecule has 0 radical (unpaired) electrons. The molecule has 1 aliphatic heterocycles. The Kier molecular flexibility index (Phi) is 7.37. The summed E-state index contributed by atoms with van der Waals surface area (Å²) in [6.45, 7) is 3.24. The number of fused-ring (bicyclic) bond motifs is 4. The van der Waals surface area contributed by atoms with Crippen LogP contribution >= 0.6 is 0 Å². The van der Waals surface area contributed by atoms with Crippen LogP contribution in [0.5, 0.6) is 5.75 Å². The maximum Gasteiger partial charge on any atom is 0.251 e. The zero-order valence-electron chi connectivity index (χ0n) is 23.9. The number of anilines is 1. The van der Waals surface area contributed by atoms with E-state index in [1.165, 1.54) is 33.3 Å². The van der Waals surface area contributed by atoms with Gasteiger partial charge >= 0.3 is 0 Å². The zero-order chi connectivity index (χ0) is 28.5. The summed E-state index contributed by atoms with van der Waals surface area (Å²) < 4.78 is 7.20. The van der Waals surface area contributed by atoms with Gasteiger partial charge < -0.3 is 24.4 Å². The van der Waals surface area contributed by atoms with E-state index in [-0.39, 0.29) is 11.5 Å². The molecule has 1 saturated heterocycles. The molecule has 1 amide bonds. The fourth-order valence-corrected chi connectivity index (χ4v) is 6.34. The first kappa shape index (κ1) is 26.8. The number of methoxy groups -OCH3 is 1. The third-order valence-corrected chi connectivity index (χ3v) is 8.66. The van der Waals surface area contributed by atoms with Gasteiger partial charge in [-0.3, -0.25) is 9.59 Å². The van der Waals surface area contributed by atoms with E-state index in [9.17, 15) is 9.59 Å². The quantitative estimate of drug-likeness (QED) is 0.281. The van der Waals surface area contributed by atoms with Gasteiger partial charge in [0, 0.05) is 74.9 Å². The Bertz CT molecular complexity index is 1800. The molecule has 0 bridgehead atoms. The minimum atomic E-state index is -0.269. The second kappa shape index (κ2) is 11.3. The number of piperidine rings is 1. The van der Waals surface area contributed by atoms with Crippen molar-refractivity contribution in [3.63, 3.8) is 0 Å². The predicted octanol–water partition coefficient (Wildman–Crippen LogP) is 5.28. The fourth-order valence-electron chi connectivity index (χ4n) is 6.34. The van der Waals surface area contributed by atoms with E-state index < -0.39 is 0 Å². The van der Waals surface area contributed by atoms with E-state index in [1.807, 2.05) is 18.2 Å². The number of hydrogen-bond donors (Lipinski definition) is 1. The molecule has 0 aliphatic carbocycles. The number of rotatable bonds is 7. The molecule has 0 unspecified atom stereocenters. The number of pyridine rings is 1. The molecule has 5 aromatic rings. The average Bonchev–Trinajstić information content (AvgIpc) is 3.03. The molecule has 1 aromatic heterocycles. The molecule has 1 N–H and O–H groups in total. The number of benzene rings is 4. The highest BCUT2D eigenvalue weighted by molar-refractivity contribution is 6.13. The largest absolute Gasteiger partial charge is 0.497 e. The van der Waals surface area contributed by atoms with E-state index in [2.05, 4.69) is 76.8 Å². The topological polar surface area (TPSA) is 66.8 Å². The van der Waals surface area contributed by atoms with Crippen LogP contribution in [0, 0.1) is 0 Å². The van der Waals surface area contributed by atoms with Crippen LogP contribution in [0.4, 0.5) is 5.69 Å². The normalized spacial score (nSPS) is 14.5. The van der Waals surface area contributed by atoms with Crippen LogP contribution in [0.2, 0.25) is 0 Å². The number of aromatic nitrogens is 1. The monoisotopic (exact) mass is 548 g/mol. The average molecular weight is 549 g/mol. The van der Waals surface area contributed by atoms with Gasteiger partial charge in [0.25, 0.3) is 11.5 Å². The van der Waals surface area contributed by atoms with Crippen LogP contribution in [-0.2, 0) is 6.54 Å². The summed E-state index contributed by atoms with van der Waals surface area (Å²) in [6.07, 6.45) is 2.10. The van der Waals surface area contributed by atoms with E-state index in [0.29, 0.717) is 29.4 Å². The number of ether oxygens (including phenoxy) is 1. The lowest BCUT2D eigenvalue weighted by molar-refractivity contribution is 0.0964. The molecule has 6 rings (SSSR count). The van der Waals surface area contributed by atoms with Crippen molar-refractivity contribution < 1.29 is 9.53 Å². The summed E-state index contributed by atoms with van der Waals surface area (Å²) in [6, 6.07) is 27.1. The molecule has 0 saturated carbocycles. The molecule has 2 heterocycles. The summed E-state index contributed by atoms with van der Waals surface area (Å²) in [5, 5.41) is 8.53. The molecule has 210 valence electrons. The minimum Gasteiger partial charge on any atom is -0.497 e. The smallest absolute Gasteiger partial charge is 0.251 e. The molecular formula is C34H36N4O3. The SMILES string of the molecule is CNC(=O)c1cc(=O)n(CCN2CCC(N(C)c3cc4ccccc4c4ccccc34)CC2)c2cc(OC)ccc12. The Morgan fingerprint density at radius 2 is 1.61 bits per heavy atom. The van der Waals surface area contributed by atoms with Crippen molar-refractivity contribution in [2.45, 2.75) is 25.4 Å². The van der Waals surface area contributed by atoms with Crippen molar-refractivity contribution >= 4 is 44.0 Å². The number of carbonyl (C=O) groups excluding carboxylic acids is 1. The van der Waals surface area contributed by atoms with Crippen molar-refractivity contribution in [1.82, 2.24) is 14.8 Å². The van der Waals surface area contributed by atoms with Crippen molar-refractivity contribution in [2.75, 3.05) is 45.7 Å². The zero-order valence-corrected chi connectivity index (χ0v) is 23.9. The number of hydrogen-bond acceptors (Lipinski definition) is 5. The maximum absolute atomic E-state index is 13.2. The molecule has 0 atom stereocenters. The van der Waals surface area contributed by atoms with Crippen LogP contribution in [0.25, 0.3) is 32.4 Å². The Balaban J connectivity index is 1.19. The van der Waals surface area contributed by atoms with Crippen molar-refractivity contribution in [3.05, 3.63) is 94.8 Å². The molecule has 7 heteroatoms. The third kappa shape index (κ3) is 5.02. The van der Waals surface area contributed by atoms with Gasteiger partial charge in [-0.05, 0) is 47.2 Å². The number of amides is 1. The molecule has 7 nitrogen and oxygen atoms in total. The van der Waals surface area contributed by atoms with Crippen LogP contribution in [0.15, 0.2) is 83.7 Å². The number of likely N-dealkylation sites (tertiary alicyclic amines) is 1. The molecule has 1 aliphatic rings. The van der Waals surface area contributed by atoms with E-state index >= 15 is 0 Å². The summed E-state index contributed by atoms with van der Waals surface area (Å²) in [5.41, 5.74) is 2.20. The molecule has 1 fully saturated rings. The van der Waals surface area contributed by atoms with Gasteiger partial charge in [0.1, 0.15) is 5.75 Å². The predicted molar refractivity (Wildman–Crippen MR) is 167 cm³/mol. The van der Waals surface area contributed by atoms with E-state index in [4.69, 9.17) is 4.74 Å². The molecule has 4 aromatic carbocycles. The van der Waals surface area contributed by atoms with Gasteiger partial charge in [0.2, 0.25) is 0 Å². The van der Waals surface area contributed by atoms with Crippen molar-refractivity contribution in [2.24, 2.45) is 0 Å². The van der Waals surface area contributed by atoms with Gasteiger partial charge in [-0.15, -0.1) is 0 Å². The van der Waals surface area contributed by atoms with Gasteiger partial charge in [0.05, 0.1) is 18.2 Å². The second-order valence-electron chi connectivity index (χ2n) is 10.9. The first-order valence-corrected chi connectivity index (χ1v) is 14.3. The van der Waals surface area contributed by atoms with Gasteiger partial charge in [-0.2, -0.15) is 0 Å². The van der Waals surface area contributed by atoms with Crippen LogP contribution < -0.4 is 20.5 Å². The van der Waals surface area contributed by atoms with E-state index in [0.717, 1.165) is 37.9 Å². The lowest BCUT2D eigenvalue weighted by Gasteiger charge is -2.38. The maximum atomic E-state index is 13.2. The van der Waals surface area contributed by atoms with Crippen LogP contribution in [0.1, 0.15) is 23.2 Å². The number of nitrogens with zero attached hydrogens (tertiary/aromatic N) is 3. The molecule has 0 spiro atoms. The fraction of sp³-hybridized carbons (Fsp3) is 0.294. The lowest BCUT2D eigenvalue weighted by atomic mass is 9.97. The standard InChI is InChI=1S/C34H36N4O3/c1-35-34(40)30-22-33(39)38(32-21-25(41-3)12-13-29(30)32)19-18-37-16-14-24(15-17-37)36(2)31-20-23-8-4-5-9-26(23)27-10-6-7-11-28(27)31/h4-13,20-22,24H,14-19H2,1-3H3,(H,35,40). The van der Waals surface area contributed by atoms with Gasteiger partial charge in [-0.25, -0.2) is 0 Å². The Hall–Kier alpha value is -4.36. The van der Waals surface area contributed by atoms with Crippen molar-refractivity contribution in [1.29, 1.82) is 0 Å². The van der Waals surface area contributed by atoms with E-state index in [1.54, 1.807) is 18.7 Å². The Morgan fingerprint density at radius 3 is 2.34 bits per heavy atom. The Labute approximate surface area is 239 Å². The first-order valence-electron chi connectivity index (χ1n) is 14.3. The number of carbonyl (C=O) groups is 1. The minimum absolute atomic E-state index is 0.179. The van der Waals surface area contributed by atoms with Gasteiger partial charge in [-0.1, -0.05) is 48.5 Å². The highest BCUT2D eigenvalue weighted by Gasteiger charge is 2.24. The summed E-state index contributed by atoms with van der Waals surface area (Å²) in [5.74, 6) is 0.388.